The molecule has 4 rings (SSSR count). The van der Waals surface area contributed by atoms with Crippen LogP contribution in [-0.2, 0) is 19.6 Å². The first-order valence-corrected chi connectivity index (χ1v) is 10.4. The van der Waals surface area contributed by atoms with E-state index in [0.717, 1.165) is 5.56 Å². The summed E-state index contributed by atoms with van der Waals surface area (Å²) in [5.41, 5.74) is 3.27. The Bertz CT molecular complexity index is 1050. The average molecular weight is 455 g/mol. The van der Waals surface area contributed by atoms with Gasteiger partial charge in [0.2, 0.25) is 0 Å². The minimum atomic E-state index is -0.792. The lowest BCUT2D eigenvalue weighted by molar-refractivity contribution is -0.386. The maximum Gasteiger partial charge on any atom is 0.314 e. The maximum absolute atomic E-state index is 11.9. The van der Waals surface area contributed by atoms with Crippen LogP contribution >= 0.6 is 12.4 Å². The first-order valence-electron chi connectivity index (χ1n) is 10.4. The van der Waals surface area contributed by atoms with Crippen molar-refractivity contribution < 1.29 is 14.8 Å². The van der Waals surface area contributed by atoms with Gasteiger partial charge in [0, 0.05) is 18.2 Å². The van der Waals surface area contributed by atoms with Crippen LogP contribution < -0.4 is 4.74 Å². The van der Waals surface area contributed by atoms with Crippen LogP contribution in [-0.4, -0.2) is 28.0 Å². The summed E-state index contributed by atoms with van der Waals surface area (Å²) in [5.74, 6) is 0.246. The topological polar surface area (TPSA) is 75.8 Å². The molecule has 1 aliphatic rings. The highest BCUT2D eigenvalue weighted by Crippen LogP contribution is 2.42. The van der Waals surface area contributed by atoms with Gasteiger partial charge < -0.3 is 9.84 Å². The van der Waals surface area contributed by atoms with Gasteiger partial charge in [-0.05, 0) is 42.6 Å². The summed E-state index contributed by atoms with van der Waals surface area (Å²) in [7, 11) is 1.98. The number of rotatable bonds is 7. The zero-order valence-corrected chi connectivity index (χ0v) is 18.7. The van der Waals surface area contributed by atoms with Gasteiger partial charge in [0.25, 0.3) is 0 Å². The van der Waals surface area contributed by atoms with Crippen molar-refractivity contribution in [3.63, 3.8) is 0 Å². The zero-order valence-electron chi connectivity index (χ0n) is 17.9. The van der Waals surface area contributed by atoms with Crippen LogP contribution in [0.5, 0.6) is 5.75 Å². The maximum atomic E-state index is 11.9. The van der Waals surface area contributed by atoms with Crippen LogP contribution in [0.25, 0.3) is 0 Å². The summed E-state index contributed by atoms with van der Waals surface area (Å²) in [6.45, 7) is 0.962. The molecule has 2 atom stereocenters. The number of aliphatic hydroxyl groups is 1. The summed E-state index contributed by atoms with van der Waals surface area (Å²) in [6, 6.07) is 22.9. The number of ether oxygens (including phenoxy) is 1. The number of nitro benzene ring substituents is 1. The Morgan fingerprint density at radius 2 is 1.66 bits per heavy atom. The highest BCUT2D eigenvalue weighted by molar-refractivity contribution is 5.85. The van der Waals surface area contributed by atoms with Crippen molar-refractivity contribution in [3.05, 3.63) is 105 Å². The molecule has 1 N–H and O–H groups in total. The van der Waals surface area contributed by atoms with Crippen LogP contribution in [0.1, 0.15) is 34.8 Å². The number of benzene rings is 3. The molecule has 3 aromatic carbocycles. The number of nitrogens with zero attached hydrogens (tertiary/aromatic N) is 2. The molecule has 0 aliphatic heterocycles. The van der Waals surface area contributed by atoms with Crippen LogP contribution in [0, 0.1) is 10.1 Å². The number of hydrogen-bond donors (Lipinski definition) is 1. The molecular formula is C25H27ClN2O4. The van der Waals surface area contributed by atoms with E-state index < -0.39 is 6.10 Å². The van der Waals surface area contributed by atoms with Crippen molar-refractivity contribution in [2.75, 3.05) is 7.05 Å². The van der Waals surface area contributed by atoms with Crippen molar-refractivity contribution in [1.82, 2.24) is 4.90 Å². The Balaban J connectivity index is 0.00000289. The molecule has 7 heteroatoms. The molecule has 3 aromatic rings. The molecule has 0 heterocycles. The molecule has 0 aromatic heterocycles. The second kappa shape index (κ2) is 10.6. The molecule has 0 amide bonds. The van der Waals surface area contributed by atoms with Crippen molar-refractivity contribution in [2.24, 2.45) is 0 Å². The molecule has 168 valence electrons. The van der Waals surface area contributed by atoms with Crippen LogP contribution in [0.4, 0.5) is 5.69 Å². The summed E-state index contributed by atoms with van der Waals surface area (Å²) in [5, 5.41) is 23.0. The fraction of sp³-hybridized carbons (Fsp3) is 0.280. The Hall–Kier alpha value is -2.93. The number of hydrogen-bond acceptors (Lipinski definition) is 5. The molecule has 0 unspecified atom stereocenters. The predicted octanol–water partition coefficient (Wildman–Crippen LogP) is 5.08. The van der Waals surface area contributed by atoms with Crippen molar-refractivity contribution >= 4 is 18.1 Å². The minimum Gasteiger partial charge on any atom is -0.482 e. The lowest BCUT2D eigenvalue weighted by Crippen LogP contribution is -2.39. The number of fused-ring (bicyclic) bond motifs is 1. The molecule has 6 nitrogen and oxygen atoms in total. The molecule has 1 aliphatic carbocycles. The van der Waals surface area contributed by atoms with E-state index in [1.807, 2.05) is 55.6 Å². The first kappa shape index (κ1) is 23.7. The van der Waals surface area contributed by atoms with Gasteiger partial charge in [0.1, 0.15) is 6.61 Å². The van der Waals surface area contributed by atoms with E-state index in [1.165, 1.54) is 5.56 Å². The van der Waals surface area contributed by atoms with Gasteiger partial charge in [-0.25, -0.2) is 0 Å². The summed E-state index contributed by atoms with van der Waals surface area (Å²) in [6.07, 6.45) is 0.370. The van der Waals surface area contributed by atoms with E-state index >= 15 is 0 Å². The van der Waals surface area contributed by atoms with E-state index in [0.29, 0.717) is 30.5 Å². The van der Waals surface area contributed by atoms with Gasteiger partial charge in [-0.2, -0.15) is 0 Å². The van der Waals surface area contributed by atoms with Crippen LogP contribution in [0.2, 0.25) is 0 Å². The Kier molecular flexibility index (Phi) is 7.85. The molecular weight excluding hydrogens is 428 g/mol. The monoisotopic (exact) mass is 454 g/mol. The van der Waals surface area contributed by atoms with E-state index in [1.54, 1.807) is 12.1 Å². The first-order chi connectivity index (χ1) is 15.0. The predicted molar refractivity (Wildman–Crippen MR) is 126 cm³/mol. The highest BCUT2D eigenvalue weighted by atomic mass is 35.5. The number of likely N-dealkylation sites (N-methyl/N-ethyl adjacent to an activating group) is 1. The average Bonchev–Trinajstić information content (AvgIpc) is 2.78. The number of nitro groups is 1. The zero-order chi connectivity index (χ0) is 21.8. The Morgan fingerprint density at radius 3 is 2.28 bits per heavy atom. The van der Waals surface area contributed by atoms with Gasteiger partial charge in [0.15, 0.2) is 5.75 Å². The minimum absolute atomic E-state index is 0. The van der Waals surface area contributed by atoms with Gasteiger partial charge >= 0.3 is 5.69 Å². The van der Waals surface area contributed by atoms with E-state index in [-0.39, 0.29) is 41.4 Å². The lowest BCUT2D eigenvalue weighted by Gasteiger charge is -2.36. The van der Waals surface area contributed by atoms with Crippen molar-refractivity contribution in [2.45, 2.75) is 38.1 Å². The van der Waals surface area contributed by atoms with Gasteiger partial charge in [-0.3, -0.25) is 15.0 Å². The Morgan fingerprint density at radius 1 is 1.03 bits per heavy atom. The molecule has 0 fully saturated rings. The van der Waals surface area contributed by atoms with Crippen molar-refractivity contribution in [3.8, 4) is 5.75 Å². The van der Waals surface area contributed by atoms with E-state index in [2.05, 4.69) is 17.0 Å². The fourth-order valence-corrected chi connectivity index (χ4v) is 4.33. The second-order valence-electron chi connectivity index (χ2n) is 7.96. The third kappa shape index (κ3) is 5.10. The SMILES string of the molecule is CN(Cc1ccccc1)[C@H]1CCc2c(ccc(OCc3ccccc3)c2[N+](=O)[O-])[C@H]1O.Cl. The standard InChI is InChI=1S/C25H26N2O4.ClH/c1-26(16-18-8-4-2-5-9-18)22-14-12-20-21(25(22)28)13-15-23(24(20)27(29)30)31-17-19-10-6-3-7-11-19;/h2-11,13,15,22,25,28H,12,14,16-17H2,1H3;1H/t22-,25+;/m0./s1. The quantitative estimate of drug-likeness (QED) is 0.398. The third-order valence-electron chi connectivity index (χ3n) is 5.92. The van der Waals surface area contributed by atoms with Crippen LogP contribution in [0.3, 0.4) is 0 Å². The molecule has 0 saturated heterocycles. The third-order valence-corrected chi connectivity index (χ3v) is 5.92. The van der Waals surface area contributed by atoms with E-state index in [9.17, 15) is 15.2 Å². The molecule has 0 bridgehead atoms. The van der Waals surface area contributed by atoms with E-state index in [4.69, 9.17) is 4.74 Å². The molecule has 32 heavy (non-hydrogen) atoms. The largest absolute Gasteiger partial charge is 0.482 e. The van der Waals surface area contributed by atoms with Gasteiger partial charge in [-0.15, -0.1) is 12.4 Å². The highest BCUT2D eigenvalue weighted by Gasteiger charge is 2.36. The normalized spacial score (nSPS) is 17.3. The molecule has 0 radical (unpaired) electrons. The Labute approximate surface area is 194 Å². The smallest absolute Gasteiger partial charge is 0.314 e. The van der Waals surface area contributed by atoms with Gasteiger partial charge in [-0.1, -0.05) is 66.7 Å². The number of aliphatic hydroxyl groups excluding tert-OH is 1. The fourth-order valence-electron chi connectivity index (χ4n) is 4.33. The van der Waals surface area contributed by atoms with Crippen molar-refractivity contribution in [1.29, 1.82) is 0 Å². The molecule has 0 spiro atoms. The lowest BCUT2D eigenvalue weighted by atomic mass is 9.84. The van der Waals surface area contributed by atoms with Crippen LogP contribution in [0.15, 0.2) is 72.8 Å². The van der Waals surface area contributed by atoms with Gasteiger partial charge in [0.05, 0.1) is 11.0 Å². The summed E-state index contributed by atoms with van der Waals surface area (Å²) in [4.78, 5) is 13.6. The second-order valence-corrected chi connectivity index (χ2v) is 7.96. The summed E-state index contributed by atoms with van der Waals surface area (Å²) >= 11 is 0. The molecule has 0 saturated carbocycles. The summed E-state index contributed by atoms with van der Waals surface area (Å²) < 4.78 is 5.81. The number of halogens is 1.